The zero-order chi connectivity index (χ0) is 22.7. The van der Waals surface area contributed by atoms with E-state index in [0.29, 0.717) is 23.8 Å². The quantitative estimate of drug-likeness (QED) is 0.540. The molecule has 6 heteroatoms. The SMILES string of the molecule is Cc1c(C(=O)NCCC(C)C)oc2c1/C(=N/NC(=O)c1cccc3ccccc13)CCC2. The third-order valence-electron chi connectivity index (χ3n) is 5.87. The van der Waals surface area contributed by atoms with E-state index in [1.165, 1.54) is 0 Å². The highest BCUT2D eigenvalue weighted by atomic mass is 16.4. The summed E-state index contributed by atoms with van der Waals surface area (Å²) < 4.78 is 5.93. The summed E-state index contributed by atoms with van der Waals surface area (Å²) in [6.45, 7) is 6.74. The fraction of sp³-hybridized carbons (Fsp3) is 0.346. The molecular formula is C26H29N3O3. The van der Waals surface area contributed by atoms with E-state index in [9.17, 15) is 9.59 Å². The molecule has 1 aromatic heterocycles. The third kappa shape index (κ3) is 4.44. The lowest BCUT2D eigenvalue weighted by Gasteiger charge is -2.13. The number of fused-ring (bicyclic) bond motifs is 2. The highest BCUT2D eigenvalue weighted by Gasteiger charge is 2.28. The molecule has 0 atom stereocenters. The maximum absolute atomic E-state index is 12.9. The number of furan rings is 1. The van der Waals surface area contributed by atoms with Gasteiger partial charge < -0.3 is 9.73 Å². The van der Waals surface area contributed by atoms with Crippen LogP contribution in [0.1, 0.15) is 70.9 Å². The lowest BCUT2D eigenvalue weighted by atomic mass is 9.93. The fourth-order valence-electron chi connectivity index (χ4n) is 4.15. The van der Waals surface area contributed by atoms with E-state index in [1.807, 2.05) is 43.3 Å². The van der Waals surface area contributed by atoms with Gasteiger partial charge in [-0.3, -0.25) is 9.59 Å². The van der Waals surface area contributed by atoms with Crippen LogP contribution in [0.3, 0.4) is 0 Å². The summed E-state index contributed by atoms with van der Waals surface area (Å²) >= 11 is 0. The van der Waals surface area contributed by atoms with Crippen molar-refractivity contribution in [2.75, 3.05) is 6.54 Å². The molecule has 6 nitrogen and oxygen atoms in total. The number of hydrazone groups is 1. The minimum Gasteiger partial charge on any atom is -0.455 e. The molecule has 4 rings (SSSR count). The molecular weight excluding hydrogens is 402 g/mol. The summed E-state index contributed by atoms with van der Waals surface area (Å²) in [6.07, 6.45) is 3.25. The first-order valence-electron chi connectivity index (χ1n) is 11.2. The van der Waals surface area contributed by atoms with E-state index in [0.717, 1.165) is 59.1 Å². The van der Waals surface area contributed by atoms with Crippen LogP contribution in [0.2, 0.25) is 0 Å². The second-order valence-corrected chi connectivity index (χ2v) is 8.67. The van der Waals surface area contributed by atoms with Crippen molar-refractivity contribution in [3.05, 3.63) is 70.7 Å². The number of aryl methyl sites for hydroxylation is 1. The lowest BCUT2D eigenvalue weighted by molar-refractivity contribution is 0.0920. The van der Waals surface area contributed by atoms with E-state index in [2.05, 4.69) is 29.7 Å². The van der Waals surface area contributed by atoms with Gasteiger partial charge in [0.15, 0.2) is 5.76 Å². The minimum atomic E-state index is -0.255. The number of carbonyl (C=O) groups excluding carboxylic acids is 2. The maximum atomic E-state index is 12.9. The summed E-state index contributed by atoms with van der Waals surface area (Å²) in [7, 11) is 0. The molecule has 0 spiro atoms. The van der Waals surface area contributed by atoms with Gasteiger partial charge in [-0.25, -0.2) is 5.43 Å². The average Bonchev–Trinajstić information content (AvgIpc) is 3.14. The van der Waals surface area contributed by atoms with Gasteiger partial charge in [0, 0.05) is 29.7 Å². The van der Waals surface area contributed by atoms with Crippen LogP contribution in [0, 0.1) is 12.8 Å². The third-order valence-corrected chi connectivity index (χ3v) is 5.87. The molecule has 2 N–H and O–H groups in total. The molecule has 32 heavy (non-hydrogen) atoms. The van der Waals surface area contributed by atoms with Crippen LogP contribution < -0.4 is 10.7 Å². The summed E-state index contributed by atoms with van der Waals surface area (Å²) in [5, 5.41) is 9.29. The molecule has 0 bridgehead atoms. The topological polar surface area (TPSA) is 83.7 Å². The Morgan fingerprint density at radius 2 is 1.84 bits per heavy atom. The smallest absolute Gasteiger partial charge is 0.287 e. The maximum Gasteiger partial charge on any atom is 0.287 e. The molecule has 0 aliphatic heterocycles. The number of benzene rings is 2. The van der Waals surface area contributed by atoms with Gasteiger partial charge >= 0.3 is 0 Å². The first-order chi connectivity index (χ1) is 15.5. The zero-order valence-corrected chi connectivity index (χ0v) is 18.8. The normalized spacial score (nSPS) is 14.6. The Morgan fingerprint density at radius 1 is 1.06 bits per heavy atom. The number of hydrogen-bond acceptors (Lipinski definition) is 4. The van der Waals surface area contributed by atoms with Crippen molar-refractivity contribution in [3.63, 3.8) is 0 Å². The fourth-order valence-corrected chi connectivity index (χ4v) is 4.15. The number of amides is 2. The molecule has 0 radical (unpaired) electrons. The van der Waals surface area contributed by atoms with Gasteiger partial charge in [0.05, 0.1) is 5.71 Å². The van der Waals surface area contributed by atoms with Gasteiger partial charge in [-0.1, -0.05) is 50.2 Å². The molecule has 0 unspecified atom stereocenters. The average molecular weight is 432 g/mol. The van der Waals surface area contributed by atoms with Crippen molar-refractivity contribution in [3.8, 4) is 0 Å². The van der Waals surface area contributed by atoms with Gasteiger partial charge in [-0.2, -0.15) is 5.10 Å². The molecule has 0 fully saturated rings. The van der Waals surface area contributed by atoms with E-state index < -0.39 is 0 Å². The second kappa shape index (κ2) is 9.39. The Morgan fingerprint density at radius 3 is 2.66 bits per heavy atom. The van der Waals surface area contributed by atoms with Crippen molar-refractivity contribution in [2.45, 2.75) is 46.5 Å². The largest absolute Gasteiger partial charge is 0.455 e. The lowest BCUT2D eigenvalue weighted by Crippen LogP contribution is -2.25. The Hall–Kier alpha value is -3.41. The first kappa shape index (κ1) is 21.8. The molecule has 1 aliphatic carbocycles. The van der Waals surface area contributed by atoms with Gasteiger partial charge in [-0.05, 0) is 48.9 Å². The summed E-state index contributed by atoms with van der Waals surface area (Å²) in [5.41, 5.74) is 5.68. The van der Waals surface area contributed by atoms with Crippen molar-refractivity contribution in [2.24, 2.45) is 11.0 Å². The Bertz CT molecular complexity index is 1180. The first-order valence-corrected chi connectivity index (χ1v) is 11.2. The van der Waals surface area contributed by atoms with Crippen LogP contribution >= 0.6 is 0 Å². The van der Waals surface area contributed by atoms with Crippen molar-refractivity contribution >= 4 is 28.3 Å². The van der Waals surface area contributed by atoms with E-state index in [-0.39, 0.29) is 11.8 Å². The van der Waals surface area contributed by atoms with E-state index >= 15 is 0 Å². The highest BCUT2D eigenvalue weighted by molar-refractivity contribution is 6.09. The molecule has 2 amide bonds. The number of hydrogen-bond donors (Lipinski definition) is 2. The molecule has 1 aliphatic rings. The number of carbonyl (C=O) groups is 2. The summed E-state index contributed by atoms with van der Waals surface area (Å²) in [4.78, 5) is 25.5. The van der Waals surface area contributed by atoms with Crippen molar-refractivity contribution in [1.82, 2.24) is 10.7 Å². The van der Waals surface area contributed by atoms with E-state index in [4.69, 9.17) is 4.42 Å². The monoisotopic (exact) mass is 431 g/mol. The Kier molecular flexibility index (Phi) is 6.40. The molecule has 2 aromatic carbocycles. The number of nitrogens with one attached hydrogen (secondary N) is 2. The van der Waals surface area contributed by atoms with Crippen LogP contribution in [0.4, 0.5) is 0 Å². The number of rotatable bonds is 6. The van der Waals surface area contributed by atoms with Crippen molar-refractivity contribution in [1.29, 1.82) is 0 Å². The van der Waals surface area contributed by atoms with Crippen LogP contribution in [-0.4, -0.2) is 24.1 Å². The van der Waals surface area contributed by atoms with Crippen LogP contribution in [-0.2, 0) is 6.42 Å². The number of nitrogens with zero attached hydrogens (tertiary/aromatic N) is 1. The van der Waals surface area contributed by atoms with Crippen LogP contribution in [0.15, 0.2) is 52.0 Å². The Balaban J connectivity index is 1.55. The van der Waals surface area contributed by atoms with Gasteiger partial charge in [-0.15, -0.1) is 0 Å². The molecule has 0 saturated heterocycles. The molecule has 1 heterocycles. The van der Waals surface area contributed by atoms with E-state index in [1.54, 1.807) is 6.07 Å². The molecule has 0 saturated carbocycles. The van der Waals surface area contributed by atoms with Crippen LogP contribution in [0.5, 0.6) is 0 Å². The highest BCUT2D eigenvalue weighted by Crippen LogP contribution is 2.30. The zero-order valence-electron chi connectivity index (χ0n) is 18.8. The van der Waals surface area contributed by atoms with Gasteiger partial charge in [0.25, 0.3) is 11.8 Å². The predicted octanol–water partition coefficient (Wildman–Crippen LogP) is 4.99. The second-order valence-electron chi connectivity index (χ2n) is 8.67. The van der Waals surface area contributed by atoms with Gasteiger partial charge in [0.1, 0.15) is 5.76 Å². The van der Waals surface area contributed by atoms with Gasteiger partial charge in [0.2, 0.25) is 0 Å². The molecule has 3 aromatic rings. The van der Waals surface area contributed by atoms with Crippen LogP contribution in [0.25, 0.3) is 10.8 Å². The minimum absolute atomic E-state index is 0.198. The van der Waals surface area contributed by atoms with Crippen molar-refractivity contribution < 1.29 is 14.0 Å². The summed E-state index contributed by atoms with van der Waals surface area (Å²) in [6, 6.07) is 13.4. The predicted molar refractivity (Wildman–Crippen MR) is 126 cm³/mol. The standard InChI is InChI=1S/C26H29N3O3/c1-16(2)14-15-27-26(31)24-17(3)23-21(12-7-13-22(23)32-24)28-29-25(30)20-11-6-9-18-8-4-5-10-19(18)20/h4-6,8-11,16H,7,12-15H2,1-3H3,(H,27,31)(H,29,30)/b28-21+. The molecule has 166 valence electrons. The Labute approximate surface area is 188 Å². The summed E-state index contributed by atoms with van der Waals surface area (Å²) in [5.74, 6) is 1.17.